The van der Waals surface area contributed by atoms with Gasteiger partial charge in [0.2, 0.25) is 5.91 Å². The molecule has 2 aromatic carbocycles. The lowest BCUT2D eigenvalue weighted by Crippen LogP contribution is -2.46. The number of halogens is 2. The molecule has 2 aliphatic rings. The van der Waals surface area contributed by atoms with E-state index < -0.39 is 17.0 Å². The minimum Gasteiger partial charge on any atom is -0.508 e. The van der Waals surface area contributed by atoms with E-state index in [4.69, 9.17) is 0 Å². The third-order valence-corrected chi connectivity index (χ3v) is 6.01. The number of phenols is 1. The highest BCUT2D eigenvalue weighted by Crippen LogP contribution is 2.54. The van der Waals surface area contributed by atoms with Crippen LogP contribution in [0.2, 0.25) is 0 Å². The standard InChI is InChI=1S/C21H21F2NO2/c1-24-19-16(11-12-17(22)18(19)23)21(20(24)26,13-5-3-2-4-6-13)14-7-9-15(25)10-8-14/h7-13,25H,2-6H2,1H3. The Balaban J connectivity index is 2.02. The monoisotopic (exact) mass is 357 g/mol. The number of carbonyl (C=O) groups is 1. The average molecular weight is 357 g/mol. The number of anilines is 1. The smallest absolute Gasteiger partial charge is 0.242 e. The van der Waals surface area contributed by atoms with Gasteiger partial charge in [-0.25, -0.2) is 8.78 Å². The summed E-state index contributed by atoms with van der Waals surface area (Å²) in [5, 5.41) is 9.68. The molecule has 0 bridgehead atoms. The van der Waals surface area contributed by atoms with E-state index >= 15 is 0 Å². The molecule has 0 aromatic heterocycles. The van der Waals surface area contributed by atoms with Crippen molar-refractivity contribution in [1.82, 2.24) is 0 Å². The van der Waals surface area contributed by atoms with Crippen LogP contribution < -0.4 is 4.90 Å². The number of carbonyl (C=O) groups excluding carboxylic acids is 1. The van der Waals surface area contributed by atoms with Crippen molar-refractivity contribution in [2.75, 3.05) is 11.9 Å². The first kappa shape index (κ1) is 17.0. The maximum absolute atomic E-state index is 14.6. The van der Waals surface area contributed by atoms with E-state index in [0.717, 1.165) is 43.7 Å². The summed E-state index contributed by atoms with van der Waals surface area (Å²) in [6.07, 6.45) is 4.87. The zero-order valence-electron chi connectivity index (χ0n) is 14.6. The van der Waals surface area contributed by atoms with Crippen molar-refractivity contribution >= 4 is 11.6 Å². The van der Waals surface area contributed by atoms with Crippen LogP contribution in [0.25, 0.3) is 0 Å². The van der Waals surface area contributed by atoms with Crippen LogP contribution in [0.4, 0.5) is 14.5 Å². The van der Waals surface area contributed by atoms with E-state index in [9.17, 15) is 18.7 Å². The number of phenolic OH excluding ortho intramolecular Hbond substituents is 1. The molecule has 26 heavy (non-hydrogen) atoms. The van der Waals surface area contributed by atoms with Gasteiger partial charge in [0, 0.05) is 7.05 Å². The lowest BCUT2D eigenvalue weighted by atomic mass is 9.62. The van der Waals surface area contributed by atoms with E-state index in [1.165, 1.54) is 11.9 Å². The second kappa shape index (κ2) is 6.08. The van der Waals surface area contributed by atoms with E-state index in [1.54, 1.807) is 30.3 Å². The van der Waals surface area contributed by atoms with Gasteiger partial charge in [0.1, 0.15) is 11.2 Å². The van der Waals surface area contributed by atoms with Crippen LogP contribution in [0.15, 0.2) is 36.4 Å². The van der Waals surface area contributed by atoms with Crippen LogP contribution in [0.1, 0.15) is 43.2 Å². The number of fused-ring (bicyclic) bond motifs is 1. The van der Waals surface area contributed by atoms with Crippen molar-refractivity contribution in [3.05, 3.63) is 59.2 Å². The summed E-state index contributed by atoms with van der Waals surface area (Å²) < 4.78 is 28.5. The second-order valence-electron chi connectivity index (χ2n) is 7.31. The summed E-state index contributed by atoms with van der Waals surface area (Å²) in [6.45, 7) is 0. The summed E-state index contributed by atoms with van der Waals surface area (Å²) in [5.41, 5.74) is 0.256. The normalized spacial score (nSPS) is 23.3. The van der Waals surface area contributed by atoms with Gasteiger partial charge in [-0.3, -0.25) is 4.79 Å². The lowest BCUT2D eigenvalue weighted by Gasteiger charge is -2.39. The Labute approximate surface area is 151 Å². The summed E-state index contributed by atoms with van der Waals surface area (Å²) >= 11 is 0. The molecule has 4 rings (SSSR count). The third kappa shape index (κ3) is 2.19. The van der Waals surface area contributed by atoms with Gasteiger partial charge in [-0.15, -0.1) is 0 Å². The molecule has 2 aromatic rings. The molecule has 136 valence electrons. The molecular weight excluding hydrogens is 336 g/mol. The highest BCUT2D eigenvalue weighted by Gasteiger charge is 2.56. The van der Waals surface area contributed by atoms with Crippen LogP contribution in [-0.2, 0) is 10.2 Å². The summed E-state index contributed by atoms with van der Waals surface area (Å²) in [5.74, 6) is -2.03. The van der Waals surface area contributed by atoms with Crippen molar-refractivity contribution in [2.45, 2.75) is 37.5 Å². The van der Waals surface area contributed by atoms with Gasteiger partial charge in [-0.05, 0) is 48.1 Å². The molecular formula is C21H21F2NO2. The molecule has 5 heteroatoms. The molecule has 1 saturated carbocycles. The van der Waals surface area contributed by atoms with Gasteiger partial charge in [0.05, 0.1) is 5.69 Å². The topological polar surface area (TPSA) is 40.5 Å². The highest BCUT2D eigenvalue weighted by molar-refractivity contribution is 6.10. The molecule has 1 unspecified atom stereocenters. The molecule has 1 atom stereocenters. The fourth-order valence-electron chi connectivity index (χ4n) is 4.84. The van der Waals surface area contributed by atoms with Crippen LogP contribution >= 0.6 is 0 Å². The van der Waals surface area contributed by atoms with Gasteiger partial charge >= 0.3 is 0 Å². The van der Waals surface area contributed by atoms with Gasteiger partial charge in [-0.2, -0.15) is 0 Å². The van der Waals surface area contributed by atoms with Crippen molar-refractivity contribution in [2.24, 2.45) is 5.92 Å². The Bertz CT molecular complexity index is 859. The molecule has 1 amide bonds. The molecule has 1 aliphatic heterocycles. The minimum atomic E-state index is -1.03. The van der Waals surface area contributed by atoms with E-state index in [1.807, 2.05) is 0 Å². The zero-order chi connectivity index (χ0) is 18.5. The number of hydrogen-bond acceptors (Lipinski definition) is 2. The Morgan fingerprint density at radius 1 is 1.04 bits per heavy atom. The molecule has 3 nitrogen and oxygen atoms in total. The molecule has 1 aliphatic carbocycles. The lowest BCUT2D eigenvalue weighted by molar-refractivity contribution is -0.123. The summed E-state index contributed by atoms with van der Waals surface area (Å²) in [6, 6.07) is 9.21. The van der Waals surface area contributed by atoms with Crippen LogP contribution in [0, 0.1) is 17.6 Å². The van der Waals surface area contributed by atoms with Gasteiger partial charge in [-0.1, -0.05) is 37.5 Å². The molecule has 1 heterocycles. The van der Waals surface area contributed by atoms with Crippen LogP contribution in [0.3, 0.4) is 0 Å². The molecule has 0 radical (unpaired) electrons. The predicted molar refractivity (Wildman–Crippen MR) is 95.2 cm³/mol. The first-order valence-electron chi connectivity index (χ1n) is 9.04. The summed E-state index contributed by atoms with van der Waals surface area (Å²) in [4.78, 5) is 14.8. The highest BCUT2D eigenvalue weighted by atomic mass is 19.2. The molecule has 0 spiro atoms. The van der Waals surface area contributed by atoms with Crippen molar-refractivity contribution < 1.29 is 18.7 Å². The Hall–Kier alpha value is -2.43. The van der Waals surface area contributed by atoms with Crippen molar-refractivity contribution in [1.29, 1.82) is 0 Å². The molecule has 0 saturated heterocycles. The number of amides is 1. The minimum absolute atomic E-state index is 0.0156. The number of nitrogens with zero attached hydrogens (tertiary/aromatic N) is 1. The quantitative estimate of drug-likeness (QED) is 0.859. The van der Waals surface area contributed by atoms with Gasteiger partial charge in [0.25, 0.3) is 0 Å². The van der Waals surface area contributed by atoms with Gasteiger partial charge in [0.15, 0.2) is 11.6 Å². The van der Waals surface area contributed by atoms with Crippen LogP contribution in [-0.4, -0.2) is 18.1 Å². The number of hydrogen-bond donors (Lipinski definition) is 1. The number of benzene rings is 2. The first-order valence-corrected chi connectivity index (χ1v) is 9.04. The van der Waals surface area contributed by atoms with E-state index in [0.29, 0.717) is 5.56 Å². The zero-order valence-corrected chi connectivity index (χ0v) is 14.6. The average Bonchev–Trinajstić information content (AvgIpc) is 2.89. The number of rotatable bonds is 2. The van der Waals surface area contributed by atoms with Crippen molar-refractivity contribution in [3.8, 4) is 5.75 Å². The Kier molecular flexibility index (Phi) is 3.98. The fourth-order valence-corrected chi connectivity index (χ4v) is 4.84. The maximum Gasteiger partial charge on any atom is 0.242 e. The van der Waals surface area contributed by atoms with E-state index in [-0.39, 0.29) is 23.3 Å². The first-order chi connectivity index (χ1) is 12.5. The third-order valence-electron chi connectivity index (χ3n) is 6.01. The van der Waals surface area contributed by atoms with Gasteiger partial charge < -0.3 is 10.0 Å². The van der Waals surface area contributed by atoms with Crippen molar-refractivity contribution in [3.63, 3.8) is 0 Å². The second-order valence-corrected chi connectivity index (χ2v) is 7.31. The van der Waals surface area contributed by atoms with E-state index in [2.05, 4.69) is 0 Å². The number of likely N-dealkylation sites (N-methyl/N-ethyl adjacent to an activating group) is 1. The van der Waals surface area contributed by atoms with Crippen LogP contribution in [0.5, 0.6) is 5.75 Å². The molecule has 1 fully saturated rings. The number of aromatic hydroxyl groups is 1. The Morgan fingerprint density at radius 2 is 1.69 bits per heavy atom. The Morgan fingerprint density at radius 3 is 2.35 bits per heavy atom. The SMILES string of the molecule is CN1C(=O)C(c2ccc(O)cc2)(C2CCCCC2)c2ccc(F)c(F)c21. The fraction of sp³-hybridized carbons (Fsp3) is 0.381. The largest absolute Gasteiger partial charge is 0.508 e. The predicted octanol–water partition coefficient (Wildman–Crippen LogP) is 4.51. The maximum atomic E-state index is 14.6. The summed E-state index contributed by atoms with van der Waals surface area (Å²) in [7, 11) is 1.51. The molecule has 1 N–H and O–H groups in total.